The van der Waals surface area contributed by atoms with Crippen LogP contribution >= 0.6 is 0 Å². The van der Waals surface area contributed by atoms with Crippen LogP contribution in [0, 0.1) is 28.3 Å². The predicted octanol–water partition coefficient (Wildman–Crippen LogP) is 6.03. The van der Waals surface area contributed by atoms with Crippen molar-refractivity contribution in [2.75, 3.05) is 0 Å². The van der Waals surface area contributed by atoms with Gasteiger partial charge in [-0.3, -0.25) is 10.1 Å². The number of hydrogen-bond donors (Lipinski definition) is 0. The molecule has 0 saturated heterocycles. The van der Waals surface area contributed by atoms with E-state index in [0.29, 0.717) is 5.56 Å². The molecule has 0 spiro atoms. The zero-order chi connectivity index (χ0) is 19.2. The Morgan fingerprint density at radius 1 is 0.643 bits per heavy atom. The van der Waals surface area contributed by atoms with Crippen LogP contribution in [-0.2, 0) is 17.1 Å². The van der Waals surface area contributed by atoms with Crippen molar-refractivity contribution in [2.45, 2.75) is 0 Å². The maximum Gasteiger partial charge on any atom is 0.189 e. The SMILES string of the molecule is O=[N+]([O-])c1ccc[c-]c1-c1ccccc1.[Cu].[c-]1ccccc1.[c-]1ccccc1. The molecule has 0 aliphatic heterocycles. The van der Waals surface area contributed by atoms with Crippen molar-refractivity contribution < 1.29 is 22.0 Å². The van der Waals surface area contributed by atoms with E-state index in [0.717, 1.165) is 5.56 Å². The minimum absolute atomic E-state index is 0. The molecular weight excluding hydrogens is 398 g/mol. The zero-order valence-electron chi connectivity index (χ0n) is 15.0. The van der Waals surface area contributed by atoms with Gasteiger partial charge >= 0.3 is 0 Å². The monoisotopic (exact) mass is 415 g/mol. The van der Waals surface area contributed by atoms with E-state index in [1.807, 2.05) is 91.0 Å². The van der Waals surface area contributed by atoms with Crippen LogP contribution in [0.1, 0.15) is 0 Å². The van der Waals surface area contributed by atoms with E-state index in [9.17, 15) is 10.1 Å². The molecule has 4 heteroatoms. The van der Waals surface area contributed by atoms with Crippen LogP contribution in [0.5, 0.6) is 0 Å². The smallest absolute Gasteiger partial charge is 0.189 e. The summed E-state index contributed by atoms with van der Waals surface area (Å²) in [5, 5.41) is 10.8. The molecule has 0 aromatic heterocycles. The summed E-state index contributed by atoms with van der Waals surface area (Å²) in [4.78, 5) is 10.4. The minimum atomic E-state index is -0.390. The fraction of sp³-hybridized carbons (Fsp3) is 0. The third kappa shape index (κ3) is 8.45. The van der Waals surface area contributed by atoms with Gasteiger partial charge in [-0.05, 0) is 0 Å². The molecule has 4 aromatic rings. The Bertz CT molecular complexity index is 816. The quantitative estimate of drug-likeness (QED) is 0.173. The summed E-state index contributed by atoms with van der Waals surface area (Å²) >= 11 is 0. The van der Waals surface area contributed by atoms with E-state index in [4.69, 9.17) is 0 Å². The van der Waals surface area contributed by atoms with E-state index in [1.54, 1.807) is 12.1 Å². The molecule has 4 aromatic carbocycles. The molecule has 3 nitrogen and oxygen atoms in total. The molecule has 0 aliphatic carbocycles. The van der Waals surface area contributed by atoms with Gasteiger partial charge in [0.2, 0.25) is 0 Å². The van der Waals surface area contributed by atoms with Crippen LogP contribution in [-0.4, -0.2) is 4.92 Å². The van der Waals surface area contributed by atoms with Crippen LogP contribution < -0.4 is 0 Å². The first-order valence-electron chi connectivity index (χ1n) is 8.31. The number of rotatable bonds is 2. The Labute approximate surface area is 176 Å². The molecule has 28 heavy (non-hydrogen) atoms. The van der Waals surface area contributed by atoms with Crippen molar-refractivity contribution in [3.8, 4) is 11.1 Å². The van der Waals surface area contributed by atoms with Crippen LogP contribution in [0.2, 0.25) is 0 Å². The maximum atomic E-state index is 10.8. The van der Waals surface area contributed by atoms with Crippen molar-refractivity contribution in [1.29, 1.82) is 0 Å². The fourth-order valence-electron chi connectivity index (χ4n) is 2.10. The number of nitrogens with zero attached hydrogens (tertiary/aromatic N) is 1. The van der Waals surface area contributed by atoms with Crippen molar-refractivity contribution in [3.63, 3.8) is 0 Å². The fourth-order valence-corrected chi connectivity index (χ4v) is 2.10. The number of nitro benzene ring substituents is 1. The molecule has 0 bridgehead atoms. The summed E-state index contributed by atoms with van der Waals surface area (Å²) in [6.45, 7) is 0. The van der Waals surface area contributed by atoms with Crippen molar-refractivity contribution in [2.24, 2.45) is 0 Å². The second-order valence-electron chi connectivity index (χ2n) is 5.21. The molecule has 0 aliphatic rings. The van der Waals surface area contributed by atoms with Crippen LogP contribution in [0.3, 0.4) is 0 Å². The molecule has 0 heterocycles. The summed E-state index contributed by atoms with van der Waals surface area (Å²) in [6, 6.07) is 41.9. The van der Waals surface area contributed by atoms with Gasteiger partial charge in [-0.1, -0.05) is 47.5 Å². The van der Waals surface area contributed by atoms with Crippen LogP contribution in [0.25, 0.3) is 11.1 Å². The summed E-state index contributed by atoms with van der Waals surface area (Å²) in [7, 11) is 0. The average molecular weight is 416 g/mol. The Morgan fingerprint density at radius 3 is 1.54 bits per heavy atom. The molecule has 0 amide bonds. The Balaban J connectivity index is 0.000000249. The Morgan fingerprint density at radius 2 is 1.14 bits per heavy atom. The zero-order valence-corrected chi connectivity index (χ0v) is 15.9. The van der Waals surface area contributed by atoms with Gasteiger partial charge in [-0.15, -0.1) is 18.2 Å². The van der Waals surface area contributed by atoms with Gasteiger partial charge in [0.25, 0.3) is 0 Å². The van der Waals surface area contributed by atoms with Gasteiger partial charge in [0.15, 0.2) is 5.69 Å². The number of benzene rings is 4. The minimum Gasteiger partial charge on any atom is -0.267 e. The van der Waals surface area contributed by atoms with E-state index in [1.165, 1.54) is 6.07 Å². The molecule has 145 valence electrons. The summed E-state index contributed by atoms with van der Waals surface area (Å²) in [5.41, 5.74) is 1.43. The third-order valence-electron chi connectivity index (χ3n) is 3.31. The summed E-state index contributed by atoms with van der Waals surface area (Å²) in [6.07, 6.45) is 0. The second kappa shape index (κ2) is 13.9. The van der Waals surface area contributed by atoms with Gasteiger partial charge in [0, 0.05) is 22.0 Å². The molecule has 0 saturated carbocycles. The number of nitro groups is 1. The first-order valence-corrected chi connectivity index (χ1v) is 8.31. The van der Waals surface area contributed by atoms with E-state index < -0.39 is 4.92 Å². The van der Waals surface area contributed by atoms with E-state index >= 15 is 0 Å². The standard InChI is InChI=1S/C12H8NO2.2C6H5.Cu/c14-13(15)12-9-5-4-8-11(12)10-6-2-1-3-7-10;2*1-2-4-6-5-3-1;/h1-7,9H;2*1-5H;/q3*-1;. The molecule has 0 N–H and O–H groups in total. The molecule has 0 fully saturated rings. The van der Waals surface area contributed by atoms with E-state index in [2.05, 4.69) is 18.2 Å². The van der Waals surface area contributed by atoms with Gasteiger partial charge in [0.1, 0.15) is 0 Å². The normalized spacial score (nSPS) is 8.71. The van der Waals surface area contributed by atoms with Crippen LogP contribution in [0.4, 0.5) is 5.69 Å². The first-order chi connectivity index (χ1) is 13.3. The van der Waals surface area contributed by atoms with Gasteiger partial charge in [0.05, 0.1) is 0 Å². The third-order valence-corrected chi connectivity index (χ3v) is 3.31. The largest absolute Gasteiger partial charge is 0.267 e. The molecule has 0 unspecified atom stereocenters. The molecular formula is C24H18CuNO2-3. The summed E-state index contributed by atoms with van der Waals surface area (Å²) < 4.78 is 0. The Hall–Kier alpha value is -3.20. The average Bonchev–Trinajstić information content (AvgIpc) is 2.78. The Kier molecular flexibility index (Phi) is 11.4. The molecule has 0 atom stereocenters. The van der Waals surface area contributed by atoms with Crippen molar-refractivity contribution in [3.05, 3.63) is 138 Å². The van der Waals surface area contributed by atoms with Crippen molar-refractivity contribution >= 4 is 5.69 Å². The van der Waals surface area contributed by atoms with Gasteiger partial charge in [-0.25, -0.2) is 0 Å². The van der Waals surface area contributed by atoms with E-state index in [-0.39, 0.29) is 22.8 Å². The predicted molar refractivity (Wildman–Crippen MR) is 108 cm³/mol. The van der Waals surface area contributed by atoms with Crippen LogP contribution in [0.15, 0.2) is 109 Å². The topological polar surface area (TPSA) is 43.1 Å². The first kappa shape index (κ1) is 22.8. The summed E-state index contributed by atoms with van der Waals surface area (Å²) in [5.74, 6) is 0. The van der Waals surface area contributed by atoms with Gasteiger partial charge < -0.3 is 0 Å². The van der Waals surface area contributed by atoms with Crippen molar-refractivity contribution in [1.82, 2.24) is 0 Å². The number of hydrogen-bond acceptors (Lipinski definition) is 2. The van der Waals surface area contributed by atoms with Gasteiger partial charge in [-0.2, -0.15) is 72.8 Å². The molecule has 4 rings (SSSR count). The second-order valence-corrected chi connectivity index (χ2v) is 5.21. The molecule has 1 radical (unpaired) electrons. The maximum absolute atomic E-state index is 10.8.